The fraction of sp³-hybridized carbons (Fsp3) is 0.552. The molecule has 3 fully saturated rings. The van der Waals surface area contributed by atoms with Crippen molar-refractivity contribution < 1.29 is 29.3 Å². The number of hydrogen-bond acceptors (Lipinski definition) is 6. The number of hydrogen-bond donors (Lipinski definition) is 2. The van der Waals surface area contributed by atoms with Crippen LogP contribution in [0.1, 0.15) is 51.5 Å². The van der Waals surface area contributed by atoms with Crippen molar-refractivity contribution in [2.45, 2.75) is 64.1 Å². The highest BCUT2D eigenvalue weighted by atomic mass is 16.5. The Morgan fingerprint density at radius 2 is 1.89 bits per heavy atom. The molecule has 3 saturated carbocycles. The molecule has 0 spiro atoms. The van der Waals surface area contributed by atoms with Crippen LogP contribution in [0.4, 0.5) is 0 Å². The molecule has 7 atom stereocenters. The Morgan fingerprint density at radius 3 is 2.63 bits per heavy atom. The number of aliphatic hydroxyl groups excluding tert-OH is 1. The number of carbonyl (C=O) groups excluding carboxylic acids is 3. The van der Waals surface area contributed by atoms with Crippen LogP contribution in [0.3, 0.4) is 0 Å². The molecule has 6 nitrogen and oxygen atoms in total. The number of ketones is 2. The Balaban J connectivity index is 1.33. The predicted octanol–water partition coefficient (Wildman–Crippen LogP) is 3.35. The van der Waals surface area contributed by atoms with Gasteiger partial charge in [-0.15, -0.1) is 0 Å². The molecule has 5 rings (SSSR count). The summed E-state index contributed by atoms with van der Waals surface area (Å²) in [5, 5.41) is 23.2. The lowest BCUT2D eigenvalue weighted by Gasteiger charge is -2.59. The van der Waals surface area contributed by atoms with E-state index in [0.29, 0.717) is 19.3 Å². The Bertz CT molecular complexity index is 1110. The summed E-state index contributed by atoms with van der Waals surface area (Å²) >= 11 is 0. The SMILES string of the molecule is CC12C=CC(=O)C=C1CCC1C2C(O)CC2(C)C1CC[C@]2(O)C(=O)COC(=O)Cc1ccccc1. The van der Waals surface area contributed by atoms with E-state index in [4.69, 9.17) is 4.74 Å². The Hall–Kier alpha value is -2.57. The van der Waals surface area contributed by atoms with Gasteiger partial charge in [0.05, 0.1) is 12.5 Å². The quantitative estimate of drug-likeness (QED) is 0.630. The van der Waals surface area contributed by atoms with Crippen LogP contribution in [0, 0.1) is 28.6 Å². The van der Waals surface area contributed by atoms with E-state index in [1.807, 2.05) is 43.3 Å². The van der Waals surface area contributed by atoms with E-state index in [9.17, 15) is 24.6 Å². The van der Waals surface area contributed by atoms with Gasteiger partial charge in [0.15, 0.2) is 12.4 Å². The van der Waals surface area contributed by atoms with Gasteiger partial charge in [-0.1, -0.05) is 55.8 Å². The van der Waals surface area contributed by atoms with Crippen molar-refractivity contribution in [2.24, 2.45) is 28.6 Å². The molecule has 1 aromatic carbocycles. The van der Waals surface area contributed by atoms with Gasteiger partial charge in [0.25, 0.3) is 0 Å². The smallest absolute Gasteiger partial charge is 0.310 e. The highest BCUT2D eigenvalue weighted by molar-refractivity contribution is 6.01. The molecule has 0 saturated heterocycles. The van der Waals surface area contributed by atoms with Crippen molar-refractivity contribution in [1.82, 2.24) is 0 Å². The molecule has 2 N–H and O–H groups in total. The Morgan fingerprint density at radius 1 is 1.14 bits per heavy atom. The minimum absolute atomic E-state index is 0.00582. The monoisotopic (exact) mass is 478 g/mol. The lowest BCUT2D eigenvalue weighted by molar-refractivity contribution is -0.181. The number of allylic oxidation sites excluding steroid dienone is 4. The van der Waals surface area contributed by atoms with E-state index in [-0.39, 0.29) is 30.0 Å². The average Bonchev–Trinajstić information content (AvgIpc) is 3.09. The first-order valence-corrected chi connectivity index (χ1v) is 12.7. The second-order valence-electron chi connectivity index (χ2n) is 11.4. The van der Waals surface area contributed by atoms with Gasteiger partial charge in [0, 0.05) is 16.7 Å². The van der Waals surface area contributed by atoms with E-state index < -0.39 is 40.9 Å². The molecule has 0 aromatic heterocycles. The van der Waals surface area contributed by atoms with Crippen LogP contribution in [0.2, 0.25) is 0 Å². The molecule has 0 heterocycles. The summed E-state index contributed by atoms with van der Waals surface area (Å²) in [5.74, 6) is -0.865. The molecule has 6 heteroatoms. The van der Waals surface area contributed by atoms with Crippen molar-refractivity contribution in [3.63, 3.8) is 0 Å². The molecule has 1 aromatic rings. The molecule has 0 amide bonds. The minimum Gasteiger partial charge on any atom is -0.457 e. The number of rotatable bonds is 5. The average molecular weight is 479 g/mol. The van der Waals surface area contributed by atoms with Gasteiger partial charge >= 0.3 is 5.97 Å². The van der Waals surface area contributed by atoms with Crippen LogP contribution in [-0.4, -0.2) is 46.1 Å². The van der Waals surface area contributed by atoms with Gasteiger partial charge < -0.3 is 14.9 Å². The highest BCUT2D eigenvalue weighted by Crippen LogP contribution is 2.67. The van der Waals surface area contributed by atoms with Crippen LogP contribution in [0.15, 0.2) is 54.1 Å². The first kappa shape index (κ1) is 24.1. The van der Waals surface area contributed by atoms with Gasteiger partial charge in [-0.3, -0.25) is 14.4 Å². The lowest BCUT2D eigenvalue weighted by atomic mass is 9.46. The van der Waals surface area contributed by atoms with Gasteiger partial charge in [-0.2, -0.15) is 0 Å². The van der Waals surface area contributed by atoms with Gasteiger partial charge in [-0.25, -0.2) is 0 Å². The van der Waals surface area contributed by atoms with E-state index in [2.05, 4.69) is 6.92 Å². The molecule has 186 valence electrons. The van der Waals surface area contributed by atoms with E-state index >= 15 is 0 Å². The van der Waals surface area contributed by atoms with Crippen molar-refractivity contribution >= 4 is 17.5 Å². The molecule has 4 aliphatic carbocycles. The molecule has 0 bridgehead atoms. The third-order valence-electron chi connectivity index (χ3n) is 9.66. The molecule has 0 aliphatic heterocycles. The Kier molecular flexibility index (Phi) is 5.88. The van der Waals surface area contributed by atoms with Crippen LogP contribution < -0.4 is 0 Å². The fourth-order valence-corrected chi connectivity index (χ4v) is 7.87. The molecule has 35 heavy (non-hydrogen) atoms. The van der Waals surface area contributed by atoms with E-state index in [1.54, 1.807) is 12.2 Å². The van der Waals surface area contributed by atoms with E-state index in [0.717, 1.165) is 24.0 Å². The number of benzene rings is 1. The third-order valence-corrected chi connectivity index (χ3v) is 9.66. The third kappa shape index (κ3) is 3.73. The molecular formula is C29H34O6. The van der Waals surface area contributed by atoms with Crippen LogP contribution >= 0.6 is 0 Å². The first-order chi connectivity index (χ1) is 16.6. The molecule has 4 aliphatic rings. The zero-order chi connectivity index (χ0) is 25.0. The van der Waals surface area contributed by atoms with E-state index in [1.165, 1.54) is 0 Å². The van der Waals surface area contributed by atoms with Crippen LogP contribution in [-0.2, 0) is 25.5 Å². The van der Waals surface area contributed by atoms with Crippen molar-refractivity contribution in [2.75, 3.05) is 6.61 Å². The topological polar surface area (TPSA) is 101 Å². The number of esters is 1. The minimum atomic E-state index is -1.65. The number of Topliss-reactive ketones (excluding diaryl/α,β-unsaturated/α-hetero) is 1. The summed E-state index contributed by atoms with van der Waals surface area (Å²) in [5.41, 5.74) is -0.969. The summed E-state index contributed by atoms with van der Waals surface area (Å²) < 4.78 is 5.28. The first-order valence-electron chi connectivity index (χ1n) is 12.7. The molecule has 6 unspecified atom stereocenters. The number of ether oxygens (including phenoxy) is 1. The summed E-state index contributed by atoms with van der Waals surface area (Å²) in [4.78, 5) is 37.6. The van der Waals surface area contributed by atoms with Crippen LogP contribution in [0.5, 0.6) is 0 Å². The second-order valence-corrected chi connectivity index (χ2v) is 11.4. The van der Waals surface area contributed by atoms with Crippen molar-refractivity contribution in [3.8, 4) is 0 Å². The Labute approximate surface area is 206 Å². The second kappa shape index (κ2) is 8.52. The maximum atomic E-state index is 13.3. The number of carbonyl (C=O) groups is 3. The summed E-state index contributed by atoms with van der Waals surface area (Å²) in [6, 6.07) is 9.18. The maximum Gasteiger partial charge on any atom is 0.310 e. The summed E-state index contributed by atoms with van der Waals surface area (Å²) in [7, 11) is 0. The normalized spacial score (nSPS) is 39.8. The summed E-state index contributed by atoms with van der Waals surface area (Å²) in [6.45, 7) is 3.55. The summed E-state index contributed by atoms with van der Waals surface area (Å²) in [6.07, 6.45) is 7.49. The van der Waals surface area contributed by atoms with Crippen molar-refractivity contribution in [3.05, 3.63) is 59.7 Å². The fourth-order valence-electron chi connectivity index (χ4n) is 7.87. The van der Waals surface area contributed by atoms with Gasteiger partial charge in [0.2, 0.25) is 5.78 Å². The molecular weight excluding hydrogens is 444 g/mol. The van der Waals surface area contributed by atoms with Gasteiger partial charge in [0.1, 0.15) is 5.60 Å². The van der Waals surface area contributed by atoms with Gasteiger partial charge in [-0.05, 0) is 61.7 Å². The largest absolute Gasteiger partial charge is 0.457 e. The van der Waals surface area contributed by atoms with Crippen molar-refractivity contribution in [1.29, 1.82) is 0 Å². The standard InChI is InChI=1S/C29H34O6/c1-27-12-10-20(30)15-19(27)8-9-21-22-11-13-29(34,28(22,2)16-23(31)26(21)27)24(32)17-35-25(33)14-18-6-4-3-5-7-18/h3-7,10,12,15,21-23,26,31,34H,8-9,11,13-14,16-17H2,1-2H3/t21?,22?,23?,26?,27?,28?,29-/m0/s1. The van der Waals surface area contributed by atoms with Crippen LogP contribution in [0.25, 0.3) is 0 Å². The lowest BCUT2D eigenvalue weighted by Crippen LogP contribution is -2.61. The molecule has 0 radical (unpaired) electrons. The number of aliphatic hydroxyl groups is 2. The zero-order valence-electron chi connectivity index (χ0n) is 20.4. The predicted molar refractivity (Wildman–Crippen MR) is 129 cm³/mol. The highest BCUT2D eigenvalue weighted by Gasteiger charge is 2.68. The maximum absolute atomic E-state index is 13.3. The number of fused-ring (bicyclic) bond motifs is 5. The zero-order valence-corrected chi connectivity index (χ0v) is 20.4.